The maximum absolute atomic E-state index is 12.3. The van der Waals surface area contributed by atoms with Crippen LogP contribution in [0, 0.1) is 0 Å². The second kappa shape index (κ2) is 9.38. The molecular formula is C23H26O4. The molecule has 0 aliphatic carbocycles. The fourth-order valence-electron chi connectivity index (χ4n) is 3.19. The van der Waals surface area contributed by atoms with E-state index in [4.69, 9.17) is 13.9 Å². The third-order valence-corrected chi connectivity index (χ3v) is 4.54. The van der Waals surface area contributed by atoms with Gasteiger partial charge in [0.2, 0.25) is 0 Å². The van der Waals surface area contributed by atoms with E-state index in [9.17, 15) is 4.79 Å². The molecule has 4 heteroatoms. The van der Waals surface area contributed by atoms with Gasteiger partial charge in [0.25, 0.3) is 0 Å². The summed E-state index contributed by atoms with van der Waals surface area (Å²) in [6, 6.07) is 15.6. The molecule has 2 aromatic carbocycles. The summed E-state index contributed by atoms with van der Waals surface area (Å²) in [4.78, 5) is 12.3. The molecule has 0 amide bonds. The van der Waals surface area contributed by atoms with Gasteiger partial charge in [-0.1, -0.05) is 49.7 Å². The zero-order valence-corrected chi connectivity index (χ0v) is 15.9. The van der Waals surface area contributed by atoms with Crippen LogP contribution >= 0.6 is 0 Å². The minimum Gasteiger partial charge on any atom is -0.465 e. The summed E-state index contributed by atoms with van der Waals surface area (Å²) in [7, 11) is 0. The summed E-state index contributed by atoms with van der Waals surface area (Å²) >= 11 is 0. The van der Waals surface area contributed by atoms with E-state index >= 15 is 0 Å². The van der Waals surface area contributed by atoms with Crippen molar-refractivity contribution in [2.75, 3.05) is 13.2 Å². The number of esters is 1. The van der Waals surface area contributed by atoms with E-state index in [1.165, 1.54) is 5.56 Å². The second-order valence-corrected chi connectivity index (χ2v) is 6.50. The molecule has 27 heavy (non-hydrogen) atoms. The van der Waals surface area contributed by atoms with Gasteiger partial charge in [0.05, 0.1) is 18.4 Å². The lowest BCUT2D eigenvalue weighted by atomic mass is 10.1. The predicted octanol–water partition coefficient (Wildman–Crippen LogP) is 5.71. The average molecular weight is 366 g/mol. The maximum Gasteiger partial charge on any atom is 0.338 e. The number of aryl methyl sites for hydroxylation is 1. The molecule has 1 unspecified atom stereocenters. The molecule has 0 aliphatic heterocycles. The van der Waals surface area contributed by atoms with Gasteiger partial charge in [-0.3, -0.25) is 0 Å². The molecule has 3 rings (SSSR count). The van der Waals surface area contributed by atoms with Crippen molar-refractivity contribution in [1.29, 1.82) is 0 Å². The number of fused-ring (bicyclic) bond motifs is 1. The van der Waals surface area contributed by atoms with Gasteiger partial charge >= 0.3 is 5.97 Å². The Kier molecular flexibility index (Phi) is 6.66. The molecule has 0 N–H and O–H groups in total. The lowest BCUT2D eigenvalue weighted by Gasteiger charge is -2.15. The zero-order chi connectivity index (χ0) is 19.1. The first kappa shape index (κ1) is 19.2. The molecule has 0 spiro atoms. The van der Waals surface area contributed by atoms with E-state index in [1.807, 2.05) is 55.5 Å². The molecule has 0 bridgehead atoms. The Morgan fingerprint density at radius 1 is 1.07 bits per heavy atom. The molecule has 0 saturated carbocycles. The van der Waals surface area contributed by atoms with E-state index < -0.39 is 0 Å². The highest BCUT2D eigenvalue weighted by atomic mass is 16.5. The van der Waals surface area contributed by atoms with Crippen LogP contribution in [0.25, 0.3) is 10.8 Å². The van der Waals surface area contributed by atoms with E-state index in [0.29, 0.717) is 18.6 Å². The number of carbonyl (C=O) groups excluding carboxylic acids is 1. The quantitative estimate of drug-likeness (QED) is 0.455. The van der Waals surface area contributed by atoms with Crippen LogP contribution in [0.4, 0.5) is 0 Å². The first-order chi connectivity index (χ1) is 13.2. The summed E-state index contributed by atoms with van der Waals surface area (Å²) in [6.07, 6.45) is 4.15. The molecule has 0 radical (unpaired) electrons. The second-order valence-electron chi connectivity index (χ2n) is 6.50. The molecule has 3 aromatic rings. The van der Waals surface area contributed by atoms with E-state index in [2.05, 4.69) is 6.92 Å². The van der Waals surface area contributed by atoms with Crippen LogP contribution in [0.5, 0.6) is 0 Å². The standard InChI is InChI=1S/C23H26O4/c1-3-7-17-10-12-18(13-11-17)23(24)26-15-14-21(25-4-2)22-20-9-6-5-8-19(20)16-27-22/h5-6,8-13,16,21H,3-4,7,14-15H2,1-2H3. The Labute approximate surface area is 160 Å². The van der Waals surface area contributed by atoms with Crippen molar-refractivity contribution in [3.05, 3.63) is 71.7 Å². The highest BCUT2D eigenvalue weighted by molar-refractivity contribution is 5.89. The average Bonchev–Trinajstić information content (AvgIpc) is 3.12. The number of hydrogen-bond donors (Lipinski definition) is 0. The minimum atomic E-state index is -0.308. The Bertz CT molecular complexity index is 863. The first-order valence-corrected chi connectivity index (χ1v) is 9.56. The number of ether oxygens (including phenoxy) is 2. The minimum absolute atomic E-state index is 0.241. The van der Waals surface area contributed by atoms with Gasteiger partial charge in [-0.25, -0.2) is 4.79 Å². The molecule has 142 valence electrons. The Morgan fingerprint density at radius 2 is 1.85 bits per heavy atom. The third-order valence-electron chi connectivity index (χ3n) is 4.54. The van der Waals surface area contributed by atoms with E-state index in [1.54, 1.807) is 6.26 Å². The number of benzene rings is 2. The highest BCUT2D eigenvalue weighted by Crippen LogP contribution is 2.30. The van der Waals surface area contributed by atoms with E-state index in [-0.39, 0.29) is 18.7 Å². The molecule has 1 aromatic heterocycles. The van der Waals surface area contributed by atoms with Gasteiger partial charge < -0.3 is 13.9 Å². The molecular weight excluding hydrogens is 340 g/mol. The smallest absolute Gasteiger partial charge is 0.338 e. The fraction of sp³-hybridized carbons (Fsp3) is 0.348. The molecule has 0 saturated heterocycles. The predicted molar refractivity (Wildman–Crippen MR) is 106 cm³/mol. The summed E-state index contributed by atoms with van der Waals surface area (Å²) in [5.74, 6) is 0.477. The Morgan fingerprint density at radius 3 is 2.59 bits per heavy atom. The van der Waals surface area contributed by atoms with Crippen LogP contribution in [0.1, 0.15) is 54.5 Å². The molecule has 4 nitrogen and oxygen atoms in total. The van der Waals surface area contributed by atoms with Crippen LogP contribution in [0.3, 0.4) is 0 Å². The van der Waals surface area contributed by atoms with Gasteiger partial charge in [-0.2, -0.15) is 0 Å². The van der Waals surface area contributed by atoms with E-state index in [0.717, 1.165) is 29.4 Å². The summed E-state index contributed by atoms with van der Waals surface area (Å²) < 4.78 is 17.0. The number of rotatable bonds is 9. The van der Waals surface area contributed by atoms with Gasteiger partial charge in [0.1, 0.15) is 11.9 Å². The number of furan rings is 1. The normalized spacial score (nSPS) is 12.2. The summed E-state index contributed by atoms with van der Waals surface area (Å²) in [6.45, 7) is 4.92. The van der Waals surface area contributed by atoms with Crippen molar-refractivity contribution >= 4 is 16.7 Å². The largest absolute Gasteiger partial charge is 0.465 e. The summed E-state index contributed by atoms with van der Waals surface area (Å²) in [5.41, 5.74) is 1.81. The van der Waals surface area contributed by atoms with Gasteiger partial charge in [0.15, 0.2) is 0 Å². The number of hydrogen-bond acceptors (Lipinski definition) is 4. The SMILES string of the molecule is CCCc1ccc(C(=O)OCCC(OCC)c2occ3ccccc23)cc1. The van der Waals surface area contributed by atoms with Crippen molar-refractivity contribution in [1.82, 2.24) is 0 Å². The van der Waals surface area contributed by atoms with Crippen LogP contribution in [0.2, 0.25) is 0 Å². The first-order valence-electron chi connectivity index (χ1n) is 9.56. The van der Waals surface area contributed by atoms with Gasteiger partial charge in [-0.15, -0.1) is 0 Å². The Hall–Kier alpha value is -2.59. The lowest BCUT2D eigenvalue weighted by molar-refractivity contribution is 0.0157. The summed E-state index contributed by atoms with van der Waals surface area (Å²) in [5, 5.41) is 2.08. The molecule has 1 heterocycles. The molecule has 0 aliphatic rings. The van der Waals surface area contributed by atoms with Crippen molar-refractivity contribution < 1.29 is 18.7 Å². The molecule has 0 fully saturated rings. The maximum atomic E-state index is 12.3. The highest BCUT2D eigenvalue weighted by Gasteiger charge is 2.19. The van der Waals surface area contributed by atoms with Crippen LogP contribution in [0.15, 0.2) is 59.2 Å². The van der Waals surface area contributed by atoms with Crippen molar-refractivity contribution in [3.8, 4) is 0 Å². The Balaban J connectivity index is 1.60. The van der Waals surface area contributed by atoms with Crippen molar-refractivity contribution in [2.24, 2.45) is 0 Å². The third kappa shape index (κ3) is 4.77. The topological polar surface area (TPSA) is 48.7 Å². The van der Waals surface area contributed by atoms with Gasteiger partial charge in [0, 0.05) is 23.8 Å². The zero-order valence-electron chi connectivity index (χ0n) is 15.9. The van der Waals surface area contributed by atoms with Crippen molar-refractivity contribution in [2.45, 2.75) is 39.2 Å². The lowest BCUT2D eigenvalue weighted by Crippen LogP contribution is -2.11. The van der Waals surface area contributed by atoms with Gasteiger partial charge in [-0.05, 0) is 31.0 Å². The molecule has 1 atom stereocenters. The van der Waals surface area contributed by atoms with Crippen LogP contribution in [-0.4, -0.2) is 19.2 Å². The number of carbonyl (C=O) groups is 1. The van der Waals surface area contributed by atoms with Crippen LogP contribution < -0.4 is 0 Å². The monoisotopic (exact) mass is 366 g/mol. The van der Waals surface area contributed by atoms with Crippen LogP contribution in [-0.2, 0) is 15.9 Å². The van der Waals surface area contributed by atoms with Crippen molar-refractivity contribution in [3.63, 3.8) is 0 Å². The fourth-order valence-corrected chi connectivity index (χ4v) is 3.19.